The Hall–Kier alpha value is -0.0800. The molecule has 0 aromatic carbocycles. The second-order valence-corrected chi connectivity index (χ2v) is 4.32. The lowest BCUT2D eigenvalue weighted by molar-refractivity contribution is 0.302. The second-order valence-electron chi connectivity index (χ2n) is 2.81. The van der Waals surface area contributed by atoms with Crippen molar-refractivity contribution in [1.82, 2.24) is 0 Å². The maximum absolute atomic E-state index is 5.61. The normalized spacial score (nSPS) is 16.5. The Kier molecular flexibility index (Phi) is 5.40. The van der Waals surface area contributed by atoms with Gasteiger partial charge in [0.15, 0.2) is 0 Å². The van der Waals surface area contributed by atoms with Crippen molar-refractivity contribution in [3.05, 3.63) is 22.8 Å². The number of thioether (sulfide) groups is 1. The fraction of sp³-hybridized carbons (Fsp3) is 0.600. The molecule has 0 heterocycles. The van der Waals surface area contributed by atoms with Gasteiger partial charge in [-0.1, -0.05) is 6.08 Å². The lowest BCUT2D eigenvalue weighted by Crippen LogP contribution is -1.95. The van der Waals surface area contributed by atoms with Gasteiger partial charge in [0.1, 0.15) is 5.76 Å². The first-order chi connectivity index (χ1) is 6.38. The van der Waals surface area contributed by atoms with E-state index in [-0.39, 0.29) is 0 Å². The highest BCUT2D eigenvalue weighted by Crippen LogP contribution is 2.29. The minimum Gasteiger partial charge on any atom is -0.496 e. The van der Waals surface area contributed by atoms with Gasteiger partial charge in [0, 0.05) is 10.8 Å². The largest absolute Gasteiger partial charge is 0.496 e. The molecule has 0 bridgehead atoms. The van der Waals surface area contributed by atoms with E-state index in [2.05, 4.69) is 12.2 Å². The summed E-state index contributed by atoms with van der Waals surface area (Å²) in [6, 6.07) is 0. The summed E-state index contributed by atoms with van der Waals surface area (Å²) in [5.74, 6) is 2.85. The summed E-state index contributed by atoms with van der Waals surface area (Å²) in [5.41, 5.74) is 0. The summed E-state index contributed by atoms with van der Waals surface area (Å²) in [7, 11) is 1.73. The minimum atomic E-state index is 0.742. The van der Waals surface area contributed by atoms with Crippen molar-refractivity contribution >= 4 is 23.4 Å². The van der Waals surface area contributed by atoms with Crippen LogP contribution in [0.3, 0.4) is 0 Å². The number of allylic oxidation sites excluding steroid dienone is 2. The molecule has 0 spiro atoms. The predicted octanol–water partition coefficient (Wildman–Crippen LogP) is 3.56. The van der Waals surface area contributed by atoms with Gasteiger partial charge in [-0.15, -0.1) is 23.4 Å². The minimum absolute atomic E-state index is 0.742. The summed E-state index contributed by atoms with van der Waals surface area (Å²) in [6.07, 6.45) is 7.69. The van der Waals surface area contributed by atoms with E-state index in [9.17, 15) is 0 Å². The maximum Gasteiger partial charge on any atom is 0.128 e. The predicted molar refractivity (Wildman–Crippen MR) is 60.2 cm³/mol. The molecule has 0 aliphatic heterocycles. The molecule has 0 aromatic heterocycles. The molecule has 13 heavy (non-hydrogen) atoms. The maximum atomic E-state index is 5.61. The summed E-state index contributed by atoms with van der Waals surface area (Å²) in [5, 5.41) is 0. The first-order valence-electron chi connectivity index (χ1n) is 4.52. The Morgan fingerprint density at radius 2 is 2.23 bits per heavy atom. The summed E-state index contributed by atoms with van der Waals surface area (Å²) < 4.78 is 5.27. The molecule has 0 aromatic rings. The van der Waals surface area contributed by atoms with Gasteiger partial charge in [-0.05, 0) is 31.1 Å². The van der Waals surface area contributed by atoms with E-state index in [1.165, 1.54) is 4.91 Å². The number of hydrogen-bond acceptors (Lipinski definition) is 2. The average molecular weight is 219 g/mol. The van der Waals surface area contributed by atoms with Crippen molar-refractivity contribution in [2.75, 3.05) is 18.7 Å². The Morgan fingerprint density at radius 3 is 2.92 bits per heavy atom. The van der Waals surface area contributed by atoms with Crippen molar-refractivity contribution in [2.45, 2.75) is 19.3 Å². The zero-order chi connectivity index (χ0) is 9.52. The van der Waals surface area contributed by atoms with Crippen molar-refractivity contribution in [3.63, 3.8) is 0 Å². The van der Waals surface area contributed by atoms with Gasteiger partial charge < -0.3 is 4.74 Å². The van der Waals surface area contributed by atoms with E-state index in [0.717, 1.165) is 36.7 Å². The molecule has 0 unspecified atom stereocenters. The Balaban J connectivity index is 2.38. The van der Waals surface area contributed by atoms with Crippen molar-refractivity contribution in [1.29, 1.82) is 0 Å². The van der Waals surface area contributed by atoms with Crippen LogP contribution in [0.5, 0.6) is 0 Å². The quantitative estimate of drug-likeness (QED) is 0.516. The molecular weight excluding hydrogens is 204 g/mol. The van der Waals surface area contributed by atoms with Gasteiger partial charge in [0.25, 0.3) is 0 Å². The summed E-state index contributed by atoms with van der Waals surface area (Å²) in [4.78, 5) is 1.28. The van der Waals surface area contributed by atoms with Crippen molar-refractivity contribution in [3.8, 4) is 0 Å². The molecule has 0 saturated carbocycles. The lowest BCUT2D eigenvalue weighted by atomic mass is 10.2. The molecule has 1 aliphatic rings. The van der Waals surface area contributed by atoms with Crippen LogP contribution >= 0.6 is 23.4 Å². The standard InChI is InChI=1S/C10H15ClOS/c1-12-9-5-2-3-6-10(9)13-8-4-7-11/h5-6H,2-4,7-8H2,1H3. The second kappa shape index (κ2) is 6.39. The number of methoxy groups -OCH3 is 1. The smallest absolute Gasteiger partial charge is 0.128 e. The number of ether oxygens (including phenoxy) is 1. The molecule has 0 N–H and O–H groups in total. The first-order valence-corrected chi connectivity index (χ1v) is 6.04. The van der Waals surface area contributed by atoms with E-state index in [1.54, 1.807) is 7.11 Å². The zero-order valence-electron chi connectivity index (χ0n) is 7.88. The van der Waals surface area contributed by atoms with Crippen molar-refractivity contribution < 1.29 is 4.74 Å². The molecule has 74 valence electrons. The van der Waals surface area contributed by atoms with Crippen LogP contribution in [-0.4, -0.2) is 18.7 Å². The Morgan fingerprint density at radius 1 is 1.46 bits per heavy atom. The van der Waals surface area contributed by atoms with E-state index < -0.39 is 0 Å². The third-order valence-corrected chi connectivity index (χ3v) is 3.26. The van der Waals surface area contributed by atoms with Gasteiger partial charge in [0.05, 0.1) is 7.11 Å². The fourth-order valence-corrected chi connectivity index (χ4v) is 2.53. The number of rotatable bonds is 5. The van der Waals surface area contributed by atoms with Crippen LogP contribution in [0, 0.1) is 0 Å². The summed E-state index contributed by atoms with van der Waals surface area (Å²) in [6.45, 7) is 0. The molecular formula is C10H15ClOS. The first kappa shape index (κ1) is 11.0. The number of halogens is 1. The van der Waals surface area contributed by atoms with Crippen LogP contribution in [0.15, 0.2) is 22.8 Å². The monoisotopic (exact) mass is 218 g/mol. The molecule has 1 aliphatic carbocycles. The van der Waals surface area contributed by atoms with Gasteiger partial charge >= 0.3 is 0 Å². The third-order valence-electron chi connectivity index (χ3n) is 1.82. The Bertz CT molecular complexity index is 211. The number of hydrogen-bond donors (Lipinski definition) is 0. The van der Waals surface area contributed by atoms with E-state index >= 15 is 0 Å². The third kappa shape index (κ3) is 3.65. The molecule has 0 fully saturated rings. The molecule has 1 nitrogen and oxygen atoms in total. The fourth-order valence-electron chi connectivity index (χ4n) is 1.18. The van der Waals surface area contributed by atoms with Gasteiger partial charge in [0.2, 0.25) is 0 Å². The van der Waals surface area contributed by atoms with Crippen LogP contribution in [0.1, 0.15) is 19.3 Å². The van der Waals surface area contributed by atoms with E-state index in [0.29, 0.717) is 0 Å². The van der Waals surface area contributed by atoms with Crippen LogP contribution in [-0.2, 0) is 4.74 Å². The van der Waals surface area contributed by atoms with Crippen molar-refractivity contribution in [2.24, 2.45) is 0 Å². The van der Waals surface area contributed by atoms with Gasteiger partial charge in [-0.3, -0.25) is 0 Å². The molecule has 0 amide bonds. The van der Waals surface area contributed by atoms with Gasteiger partial charge in [-0.25, -0.2) is 0 Å². The van der Waals surface area contributed by atoms with Crippen LogP contribution in [0.4, 0.5) is 0 Å². The SMILES string of the molecule is COC1=CCCC=C1SCCCCl. The molecule has 0 atom stereocenters. The lowest BCUT2D eigenvalue weighted by Gasteiger charge is -2.13. The van der Waals surface area contributed by atoms with Crippen LogP contribution < -0.4 is 0 Å². The Labute approximate surface area is 89.2 Å². The average Bonchev–Trinajstić information content (AvgIpc) is 2.19. The molecule has 0 radical (unpaired) electrons. The van der Waals surface area contributed by atoms with Crippen LogP contribution in [0.2, 0.25) is 0 Å². The van der Waals surface area contributed by atoms with E-state index in [4.69, 9.17) is 16.3 Å². The topological polar surface area (TPSA) is 9.23 Å². The highest BCUT2D eigenvalue weighted by atomic mass is 35.5. The highest BCUT2D eigenvalue weighted by Gasteiger charge is 2.08. The summed E-state index contributed by atoms with van der Waals surface area (Å²) >= 11 is 7.45. The highest BCUT2D eigenvalue weighted by molar-refractivity contribution is 8.03. The van der Waals surface area contributed by atoms with Gasteiger partial charge in [-0.2, -0.15) is 0 Å². The molecule has 1 rings (SSSR count). The van der Waals surface area contributed by atoms with E-state index in [1.807, 2.05) is 11.8 Å². The molecule has 3 heteroatoms. The zero-order valence-corrected chi connectivity index (χ0v) is 9.46. The number of alkyl halides is 1. The molecule has 0 saturated heterocycles. The van der Waals surface area contributed by atoms with Crippen LogP contribution in [0.25, 0.3) is 0 Å².